The molecule has 110 valence electrons. The number of aromatic nitrogens is 1. The molecule has 0 aliphatic carbocycles. The zero-order chi connectivity index (χ0) is 15.2. The average Bonchev–Trinajstić information content (AvgIpc) is 2.51. The molecular formula is C16H17BrN2O2. The first-order chi connectivity index (χ1) is 10.1. The topological polar surface area (TPSA) is 53.2 Å². The molecule has 2 rings (SSSR count). The molecular weight excluding hydrogens is 332 g/mol. The van der Waals surface area contributed by atoms with Crippen LogP contribution in [0.15, 0.2) is 51.9 Å². The molecule has 0 saturated heterocycles. The third-order valence-corrected chi connectivity index (χ3v) is 3.74. The molecule has 0 saturated carbocycles. The van der Waals surface area contributed by atoms with E-state index >= 15 is 0 Å². The van der Waals surface area contributed by atoms with Crippen LogP contribution >= 0.6 is 15.9 Å². The highest BCUT2D eigenvalue weighted by Crippen LogP contribution is 2.18. The second-order valence-corrected chi connectivity index (χ2v) is 5.57. The summed E-state index contributed by atoms with van der Waals surface area (Å²) in [5.74, 6) is -0.119. The number of anilines is 1. The Labute approximate surface area is 131 Å². The summed E-state index contributed by atoms with van der Waals surface area (Å²) in [4.78, 5) is 28.4. The predicted octanol–water partition coefficient (Wildman–Crippen LogP) is 3.58. The molecule has 2 aromatic rings. The van der Waals surface area contributed by atoms with Crippen molar-refractivity contribution in [2.75, 3.05) is 11.4 Å². The van der Waals surface area contributed by atoms with E-state index in [9.17, 15) is 9.59 Å². The number of aromatic amines is 1. The van der Waals surface area contributed by atoms with Crippen LogP contribution in [-0.2, 0) is 0 Å². The van der Waals surface area contributed by atoms with Crippen molar-refractivity contribution in [2.24, 2.45) is 0 Å². The van der Waals surface area contributed by atoms with Crippen LogP contribution in [0.4, 0.5) is 5.69 Å². The highest BCUT2D eigenvalue weighted by Gasteiger charge is 2.18. The van der Waals surface area contributed by atoms with Crippen molar-refractivity contribution in [3.8, 4) is 0 Å². The van der Waals surface area contributed by atoms with E-state index in [0.29, 0.717) is 16.6 Å². The fourth-order valence-corrected chi connectivity index (χ4v) is 2.37. The normalized spacial score (nSPS) is 10.4. The Morgan fingerprint density at radius 2 is 2.00 bits per heavy atom. The average molecular weight is 349 g/mol. The summed E-state index contributed by atoms with van der Waals surface area (Å²) < 4.78 is 0.358. The Morgan fingerprint density at radius 3 is 2.62 bits per heavy atom. The van der Waals surface area contributed by atoms with Gasteiger partial charge < -0.3 is 9.88 Å². The summed E-state index contributed by atoms with van der Waals surface area (Å²) in [6, 6.07) is 11.1. The van der Waals surface area contributed by atoms with E-state index in [2.05, 4.69) is 27.8 Å². The third-order valence-electron chi connectivity index (χ3n) is 3.15. The molecule has 0 unspecified atom stereocenters. The Bertz CT molecular complexity index is 667. The standard InChI is InChI=1S/C16H17BrN2O2/c1-2-3-9-19(13-7-5-4-6-8-13)16(21)12-10-14(17)15(20)18-11-12/h4-8,10-11H,2-3,9H2,1H3,(H,18,20). The van der Waals surface area contributed by atoms with Crippen molar-refractivity contribution in [3.63, 3.8) is 0 Å². The van der Waals surface area contributed by atoms with Crippen LogP contribution in [0.1, 0.15) is 30.1 Å². The van der Waals surface area contributed by atoms with Gasteiger partial charge in [0.25, 0.3) is 11.5 Å². The van der Waals surface area contributed by atoms with Gasteiger partial charge >= 0.3 is 0 Å². The summed E-state index contributed by atoms with van der Waals surface area (Å²) in [6.07, 6.45) is 3.38. The van der Waals surface area contributed by atoms with Crippen LogP contribution in [0.5, 0.6) is 0 Å². The van der Waals surface area contributed by atoms with Gasteiger partial charge in [-0.15, -0.1) is 0 Å². The largest absolute Gasteiger partial charge is 0.327 e. The number of halogens is 1. The Balaban J connectivity index is 2.33. The molecule has 0 fully saturated rings. The number of hydrogen-bond donors (Lipinski definition) is 1. The molecule has 0 radical (unpaired) electrons. The summed E-state index contributed by atoms with van der Waals surface area (Å²) in [5.41, 5.74) is 1.08. The number of hydrogen-bond acceptors (Lipinski definition) is 2. The quantitative estimate of drug-likeness (QED) is 0.897. The molecule has 5 heteroatoms. The Hall–Kier alpha value is -1.88. The molecule has 0 aliphatic heterocycles. The van der Waals surface area contributed by atoms with Gasteiger partial charge in [-0.1, -0.05) is 31.5 Å². The second kappa shape index (κ2) is 7.22. The lowest BCUT2D eigenvalue weighted by Crippen LogP contribution is -2.32. The van der Waals surface area contributed by atoms with Gasteiger partial charge in [0, 0.05) is 18.4 Å². The summed E-state index contributed by atoms with van der Waals surface area (Å²) in [7, 11) is 0. The SMILES string of the molecule is CCCCN(C(=O)c1c[nH]c(=O)c(Br)c1)c1ccccc1. The number of nitrogens with zero attached hydrogens (tertiary/aromatic N) is 1. The van der Waals surface area contributed by atoms with Gasteiger partial charge in [-0.3, -0.25) is 9.59 Å². The van der Waals surface area contributed by atoms with Gasteiger partial charge in [-0.05, 0) is 40.5 Å². The lowest BCUT2D eigenvalue weighted by atomic mass is 10.2. The number of para-hydroxylation sites is 1. The highest BCUT2D eigenvalue weighted by molar-refractivity contribution is 9.10. The van der Waals surface area contributed by atoms with E-state index in [-0.39, 0.29) is 11.5 Å². The number of nitrogens with one attached hydrogen (secondary N) is 1. The van der Waals surface area contributed by atoms with Gasteiger partial charge in [0.2, 0.25) is 0 Å². The third kappa shape index (κ3) is 3.82. The lowest BCUT2D eigenvalue weighted by Gasteiger charge is -2.22. The Kier molecular flexibility index (Phi) is 5.33. The van der Waals surface area contributed by atoms with Gasteiger partial charge in [0.15, 0.2) is 0 Å². The van der Waals surface area contributed by atoms with Crippen molar-refractivity contribution < 1.29 is 4.79 Å². The summed E-state index contributed by atoms with van der Waals surface area (Å²) in [6.45, 7) is 2.74. The molecule has 1 aromatic heterocycles. The molecule has 1 heterocycles. The fraction of sp³-hybridized carbons (Fsp3) is 0.250. The van der Waals surface area contributed by atoms with Crippen molar-refractivity contribution in [3.05, 3.63) is 63.0 Å². The molecule has 1 aromatic carbocycles. The molecule has 1 N–H and O–H groups in total. The van der Waals surface area contributed by atoms with Crippen LogP contribution in [-0.4, -0.2) is 17.4 Å². The maximum atomic E-state index is 12.7. The molecule has 1 amide bonds. The minimum absolute atomic E-state index is 0.119. The molecule has 0 bridgehead atoms. The van der Waals surface area contributed by atoms with E-state index in [4.69, 9.17) is 0 Å². The summed E-state index contributed by atoms with van der Waals surface area (Å²) in [5, 5.41) is 0. The van der Waals surface area contributed by atoms with Crippen LogP contribution in [0.3, 0.4) is 0 Å². The first-order valence-corrected chi connectivity index (χ1v) is 7.68. The maximum absolute atomic E-state index is 12.7. The van der Waals surface area contributed by atoms with Gasteiger partial charge in [-0.2, -0.15) is 0 Å². The maximum Gasteiger partial charge on any atom is 0.262 e. The molecule has 0 spiro atoms. The van der Waals surface area contributed by atoms with Crippen LogP contribution in [0.2, 0.25) is 0 Å². The van der Waals surface area contributed by atoms with Crippen molar-refractivity contribution in [1.82, 2.24) is 4.98 Å². The number of amides is 1. The second-order valence-electron chi connectivity index (χ2n) is 4.71. The zero-order valence-electron chi connectivity index (χ0n) is 11.8. The van der Waals surface area contributed by atoms with Gasteiger partial charge in [-0.25, -0.2) is 0 Å². The minimum Gasteiger partial charge on any atom is -0.327 e. The van der Waals surface area contributed by atoms with Gasteiger partial charge in [0.1, 0.15) is 0 Å². The van der Waals surface area contributed by atoms with Crippen LogP contribution in [0.25, 0.3) is 0 Å². The van der Waals surface area contributed by atoms with E-state index in [1.165, 1.54) is 6.20 Å². The number of unbranched alkanes of at least 4 members (excludes halogenated alkanes) is 1. The number of benzene rings is 1. The first-order valence-electron chi connectivity index (χ1n) is 6.88. The molecule has 0 atom stereocenters. The van der Waals surface area contributed by atoms with E-state index in [1.807, 2.05) is 30.3 Å². The Morgan fingerprint density at radius 1 is 1.29 bits per heavy atom. The van der Waals surface area contributed by atoms with E-state index in [0.717, 1.165) is 18.5 Å². The number of carbonyl (C=O) groups excluding carboxylic acids is 1. The molecule has 21 heavy (non-hydrogen) atoms. The molecule has 4 nitrogen and oxygen atoms in total. The number of carbonyl (C=O) groups is 1. The van der Waals surface area contributed by atoms with Crippen LogP contribution < -0.4 is 10.5 Å². The number of pyridine rings is 1. The molecule has 0 aliphatic rings. The number of rotatable bonds is 5. The predicted molar refractivity (Wildman–Crippen MR) is 87.8 cm³/mol. The zero-order valence-corrected chi connectivity index (χ0v) is 13.4. The highest BCUT2D eigenvalue weighted by atomic mass is 79.9. The van der Waals surface area contributed by atoms with Crippen molar-refractivity contribution in [2.45, 2.75) is 19.8 Å². The van der Waals surface area contributed by atoms with E-state index < -0.39 is 0 Å². The summed E-state index contributed by atoms with van der Waals surface area (Å²) >= 11 is 3.16. The van der Waals surface area contributed by atoms with Crippen molar-refractivity contribution >= 4 is 27.5 Å². The van der Waals surface area contributed by atoms with Crippen LogP contribution in [0, 0.1) is 0 Å². The number of H-pyrrole nitrogens is 1. The van der Waals surface area contributed by atoms with E-state index in [1.54, 1.807) is 11.0 Å². The fourth-order valence-electron chi connectivity index (χ4n) is 2.01. The van der Waals surface area contributed by atoms with Crippen molar-refractivity contribution in [1.29, 1.82) is 0 Å². The first kappa shape index (κ1) is 15.5. The monoisotopic (exact) mass is 348 g/mol. The minimum atomic E-state index is -0.244. The van der Waals surface area contributed by atoms with Gasteiger partial charge in [0.05, 0.1) is 10.0 Å². The smallest absolute Gasteiger partial charge is 0.262 e. The lowest BCUT2D eigenvalue weighted by molar-refractivity contribution is 0.0986.